The summed E-state index contributed by atoms with van der Waals surface area (Å²) in [5.74, 6) is 0.662. The van der Waals surface area contributed by atoms with Crippen molar-refractivity contribution < 1.29 is 14.9 Å². The van der Waals surface area contributed by atoms with Crippen molar-refractivity contribution >= 4 is 15.9 Å². The molecule has 13 heavy (non-hydrogen) atoms. The summed E-state index contributed by atoms with van der Waals surface area (Å²) < 4.78 is 6.07. The lowest BCUT2D eigenvalue weighted by atomic mass is 10.3. The van der Waals surface area contributed by atoms with E-state index in [1.165, 1.54) is 0 Å². The van der Waals surface area contributed by atoms with Crippen LogP contribution in [0.15, 0.2) is 28.7 Å². The maximum absolute atomic E-state index is 9.02. The first-order valence-corrected chi connectivity index (χ1v) is 4.69. The molecule has 0 saturated carbocycles. The maximum Gasteiger partial charge on any atom is 0.133 e. The average molecular weight is 247 g/mol. The molecule has 1 atom stereocenters. The summed E-state index contributed by atoms with van der Waals surface area (Å²) in [4.78, 5) is 0. The SMILES string of the molecule is OC[C@@H](O)COc1ccccc1Br. The number of benzene rings is 1. The van der Waals surface area contributed by atoms with E-state index in [1.807, 2.05) is 18.2 Å². The molecule has 1 aromatic carbocycles. The summed E-state index contributed by atoms with van der Waals surface area (Å²) in [5.41, 5.74) is 0. The minimum absolute atomic E-state index is 0.0963. The van der Waals surface area contributed by atoms with Crippen LogP contribution in [0.1, 0.15) is 0 Å². The molecule has 0 fully saturated rings. The first-order valence-electron chi connectivity index (χ1n) is 3.90. The van der Waals surface area contributed by atoms with Crippen molar-refractivity contribution in [2.24, 2.45) is 0 Å². The maximum atomic E-state index is 9.02. The van der Waals surface area contributed by atoms with Crippen LogP contribution in [0.2, 0.25) is 0 Å². The van der Waals surface area contributed by atoms with Crippen LogP contribution in [0.5, 0.6) is 5.75 Å². The van der Waals surface area contributed by atoms with Crippen LogP contribution < -0.4 is 4.74 Å². The minimum atomic E-state index is -0.827. The van der Waals surface area contributed by atoms with Crippen LogP contribution in [0, 0.1) is 0 Å². The summed E-state index contributed by atoms with van der Waals surface area (Å²) >= 11 is 3.30. The highest BCUT2D eigenvalue weighted by Gasteiger charge is 2.04. The molecule has 0 saturated heterocycles. The Labute approximate surface area is 85.1 Å². The van der Waals surface area contributed by atoms with Gasteiger partial charge in [-0.05, 0) is 28.1 Å². The van der Waals surface area contributed by atoms with Gasteiger partial charge in [0.2, 0.25) is 0 Å². The third kappa shape index (κ3) is 3.34. The lowest BCUT2D eigenvalue weighted by molar-refractivity contribution is 0.0534. The molecule has 3 nitrogen and oxygen atoms in total. The van der Waals surface area contributed by atoms with Crippen molar-refractivity contribution in [1.29, 1.82) is 0 Å². The van der Waals surface area contributed by atoms with Gasteiger partial charge in [-0.15, -0.1) is 0 Å². The standard InChI is InChI=1S/C9H11BrO3/c10-8-3-1-2-4-9(8)13-6-7(12)5-11/h1-4,7,11-12H,5-6H2/t7-/m1/s1. The topological polar surface area (TPSA) is 49.7 Å². The van der Waals surface area contributed by atoms with Crippen LogP contribution in [-0.2, 0) is 0 Å². The molecule has 0 aliphatic heterocycles. The van der Waals surface area contributed by atoms with E-state index in [2.05, 4.69) is 15.9 Å². The molecule has 0 aliphatic rings. The fourth-order valence-corrected chi connectivity index (χ4v) is 1.20. The van der Waals surface area contributed by atoms with Crippen LogP contribution in [0.25, 0.3) is 0 Å². The van der Waals surface area contributed by atoms with Crippen LogP contribution >= 0.6 is 15.9 Å². The molecule has 0 amide bonds. The average Bonchev–Trinajstić information content (AvgIpc) is 2.16. The summed E-state index contributed by atoms with van der Waals surface area (Å²) in [6.07, 6.45) is -0.827. The molecule has 0 heterocycles. The zero-order valence-corrected chi connectivity index (χ0v) is 8.57. The van der Waals surface area contributed by atoms with E-state index < -0.39 is 6.10 Å². The van der Waals surface area contributed by atoms with Gasteiger partial charge in [0.25, 0.3) is 0 Å². The minimum Gasteiger partial charge on any atom is -0.490 e. The number of rotatable bonds is 4. The summed E-state index contributed by atoms with van der Waals surface area (Å²) in [7, 11) is 0. The van der Waals surface area contributed by atoms with Crippen molar-refractivity contribution in [3.63, 3.8) is 0 Å². The van der Waals surface area contributed by atoms with Gasteiger partial charge in [-0.1, -0.05) is 12.1 Å². The normalized spacial score (nSPS) is 12.5. The predicted octanol–water partition coefficient (Wildman–Crippen LogP) is 1.18. The molecule has 0 aromatic heterocycles. The number of aliphatic hydroxyl groups excluding tert-OH is 2. The Morgan fingerprint density at radius 3 is 2.69 bits per heavy atom. The second kappa shape index (κ2) is 5.21. The Bertz CT molecular complexity index is 265. The fourth-order valence-electron chi connectivity index (χ4n) is 0.800. The van der Waals surface area contributed by atoms with E-state index >= 15 is 0 Å². The van der Waals surface area contributed by atoms with Crippen molar-refractivity contribution in [2.75, 3.05) is 13.2 Å². The van der Waals surface area contributed by atoms with Crippen LogP contribution in [0.4, 0.5) is 0 Å². The van der Waals surface area contributed by atoms with E-state index in [0.717, 1.165) is 4.47 Å². The van der Waals surface area contributed by atoms with E-state index in [1.54, 1.807) is 6.07 Å². The van der Waals surface area contributed by atoms with E-state index in [-0.39, 0.29) is 13.2 Å². The van der Waals surface area contributed by atoms with Gasteiger partial charge in [0, 0.05) is 0 Å². The number of aliphatic hydroxyl groups is 2. The van der Waals surface area contributed by atoms with Crippen molar-refractivity contribution in [3.8, 4) is 5.75 Å². The summed E-state index contributed by atoms with van der Waals surface area (Å²) in [5, 5.41) is 17.6. The van der Waals surface area contributed by atoms with Gasteiger partial charge in [-0.25, -0.2) is 0 Å². The van der Waals surface area contributed by atoms with E-state index in [0.29, 0.717) is 5.75 Å². The molecule has 0 spiro atoms. The molecule has 72 valence electrons. The van der Waals surface area contributed by atoms with Gasteiger partial charge < -0.3 is 14.9 Å². The molecule has 0 bridgehead atoms. The van der Waals surface area contributed by atoms with Crippen molar-refractivity contribution in [1.82, 2.24) is 0 Å². The molecule has 2 N–H and O–H groups in total. The largest absolute Gasteiger partial charge is 0.490 e. The first-order chi connectivity index (χ1) is 6.24. The van der Waals surface area contributed by atoms with Gasteiger partial charge in [-0.3, -0.25) is 0 Å². The third-order valence-corrected chi connectivity index (χ3v) is 2.13. The number of halogens is 1. The number of para-hydroxylation sites is 1. The second-order valence-corrected chi connectivity index (χ2v) is 3.43. The molecule has 4 heteroatoms. The Morgan fingerprint density at radius 2 is 2.08 bits per heavy atom. The van der Waals surface area contributed by atoms with Gasteiger partial charge in [-0.2, -0.15) is 0 Å². The highest BCUT2D eigenvalue weighted by Crippen LogP contribution is 2.23. The molecular weight excluding hydrogens is 236 g/mol. The van der Waals surface area contributed by atoms with Crippen molar-refractivity contribution in [3.05, 3.63) is 28.7 Å². The first kappa shape index (κ1) is 10.5. The molecular formula is C9H11BrO3. The van der Waals surface area contributed by atoms with Gasteiger partial charge in [0.15, 0.2) is 0 Å². The lowest BCUT2D eigenvalue weighted by Crippen LogP contribution is -2.21. The smallest absolute Gasteiger partial charge is 0.133 e. The lowest BCUT2D eigenvalue weighted by Gasteiger charge is -2.10. The molecule has 1 aromatic rings. The monoisotopic (exact) mass is 246 g/mol. The molecule has 0 aliphatic carbocycles. The van der Waals surface area contributed by atoms with E-state index in [4.69, 9.17) is 14.9 Å². The van der Waals surface area contributed by atoms with E-state index in [9.17, 15) is 0 Å². The van der Waals surface area contributed by atoms with Gasteiger partial charge >= 0.3 is 0 Å². The quantitative estimate of drug-likeness (QED) is 0.839. The Hall–Kier alpha value is -0.580. The second-order valence-electron chi connectivity index (χ2n) is 2.58. The third-order valence-electron chi connectivity index (χ3n) is 1.48. The number of ether oxygens (including phenoxy) is 1. The number of hydrogen-bond donors (Lipinski definition) is 2. The zero-order valence-electron chi connectivity index (χ0n) is 6.98. The van der Waals surface area contributed by atoms with Crippen molar-refractivity contribution in [2.45, 2.75) is 6.10 Å². The number of hydrogen-bond acceptors (Lipinski definition) is 3. The van der Waals surface area contributed by atoms with Crippen LogP contribution in [-0.4, -0.2) is 29.5 Å². The highest BCUT2D eigenvalue weighted by molar-refractivity contribution is 9.10. The Morgan fingerprint density at radius 1 is 1.38 bits per heavy atom. The Balaban J connectivity index is 2.50. The molecule has 0 radical (unpaired) electrons. The molecule has 0 unspecified atom stereocenters. The Kier molecular flexibility index (Phi) is 4.21. The fraction of sp³-hybridized carbons (Fsp3) is 0.333. The summed E-state index contributed by atoms with van der Waals surface area (Å²) in [6.45, 7) is -0.191. The summed E-state index contributed by atoms with van der Waals surface area (Å²) in [6, 6.07) is 7.35. The predicted molar refractivity (Wildman–Crippen MR) is 52.7 cm³/mol. The molecule has 1 rings (SSSR count). The van der Waals surface area contributed by atoms with Crippen LogP contribution in [0.3, 0.4) is 0 Å². The zero-order chi connectivity index (χ0) is 9.68. The van der Waals surface area contributed by atoms with Gasteiger partial charge in [0.1, 0.15) is 18.5 Å². The van der Waals surface area contributed by atoms with Gasteiger partial charge in [0.05, 0.1) is 11.1 Å². The highest BCUT2D eigenvalue weighted by atomic mass is 79.9.